The Bertz CT molecular complexity index is 1100. The van der Waals surface area contributed by atoms with E-state index in [2.05, 4.69) is 33.8 Å². The molecular formula is C21H16ClN3S2. The zero-order chi connectivity index (χ0) is 18.6. The lowest BCUT2D eigenvalue weighted by Gasteiger charge is -2.11. The number of fused-ring (bicyclic) bond motifs is 1. The van der Waals surface area contributed by atoms with E-state index in [1.807, 2.05) is 54.7 Å². The molecule has 3 aromatic carbocycles. The lowest BCUT2D eigenvalue weighted by atomic mass is 10.1. The Morgan fingerprint density at radius 3 is 2.63 bits per heavy atom. The first-order valence-corrected chi connectivity index (χ1v) is 10.0. The summed E-state index contributed by atoms with van der Waals surface area (Å²) in [6.07, 6.45) is 2.61. The topological polar surface area (TPSA) is 37.0 Å². The van der Waals surface area contributed by atoms with E-state index in [0.29, 0.717) is 5.11 Å². The van der Waals surface area contributed by atoms with Gasteiger partial charge in [-0.25, -0.2) is 4.98 Å². The monoisotopic (exact) mass is 409 g/mol. The van der Waals surface area contributed by atoms with Crippen LogP contribution in [0.2, 0.25) is 5.02 Å². The molecule has 3 nitrogen and oxygen atoms in total. The summed E-state index contributed by atoms with van der Waals surface area (Å²) in [7, 11) is 0. The Hall–Kier alpha value is -2.47. The molecule has 0 aliphatic heterocycles. The van der Waals surface area contributed by atoms with E-state index >= 15 is 0 Å². The van der Waals surface area contributed by atoms with Gasteiger partial charge < -0.3 is 10.6 Å². The zero-order valence-electron chi connectivity index (χ0n) is 14.3. The molecule has 0 radical (unpaired) electrons. The first kappa shape index (κ1) is 17.9. The molecule has 0 atom stereocenters. The highest BCUT2D eigenvalue weighted by Crippen LogP contribution is 2.26. The number of rotatable bonds is 4. The Balaban J connectivity index is 1.44. The van der Waals surface area contributed by atoms with Gasteiger partial charge in [-0.15, -0.1) is 11.3 Å². The number of thiazole rings is 1. The Kier molecular flexibility index (Phi) is 5.34. The smallest absolute Gasteiger partial charge is 0.189 e. The third-order valence-electron chi connectivity index (χ3n) is 4.13. The predicted molar refractivity (Wildman–Crippen MR) is 120 cm³/mol. The SMILES string of the molecule is S=C(Nc1ncc(Cc2ccccc2Cl)s1)Nc1cccc2ccccc12. The van der Waals surface area contributed by atoms with E-state index in [0.717, 1.165) is 38.1 Å². The molecule has 0 aliphatic carbocycles. The molecule has 2 N–H and O–H groups in total. The summed E-state index contributed by atoms with van der Waals surface area (Å²) in [5.74, 6) is 0. The molecule has 134 valence electrons. The van der Waals surface area contributed by atoms with Gasteiger partial charge in [0.1, 0.15) is 0 Å². The second-order valence-electron chi connectivity index (χ2n) is 6.01. The fraction of sp³-hybridized carbons (Fsp3) is 0.0476. The quantitative estimate of drug-likeness (QED) is 0.385. The third-order valence-corrected chi connectivity index (χ3v) is 5.62. The number of thiocarbonyl (C=S) groups is 1. The summed E-state index contributed by atoms with van der Waals surface area (Å²) >= 11 is 13.3. The number of nitrogens with one attached hydrogen (secondary N) is 2. The van der Waals surface area contributed by atoms with Crippen LogP contribution in [0.25, 0.3) is 10.8 Å². The van der Waals surface area contributed by atoms with Crippen molar-refractivity contribution >= 4 is 61.9 Å². The summed E-state index contributed by atoms with van der Waals surface area (Å²) in [6.45, 7) is 0. The van der Waals surface area contributed by atoms with E-state index < -0.39 is 0 Å². The van der Waals surface area contributed by atoms with Gasteiger partial charge in [0.05, 0.1) is 0 Å². The Morgan fingerprint density at radius 1 is 0.963 bits per heavy atom. The second kappa shape index (κ2) is 8.05. The summed E-state index contributed by atoms with van der Waals surface area (Å²) in [5.41, 5.74) is 2.06. The van der Waals surface area contributed by atoms with Crippen LogP contribution in [0.4, 0.5) is 10.8 Å². The summed E-state index contributed by atoms with van der Waals surface area (Å²) < 4.78 is 0. The largest absolute Gasteiger partial charge is 0.332 e. The fourth-order valence-electron chi connectivity index (χ4n) is 2.86. The molecule has 0 saturated carbocycles. The van der Waals surface area contributed by atoms with E-state index in [1.165, 1.54) is 5.39 Å². The Morgan fingerprint density at radius 2 is 1.74 bits per heavy atom. The van der Waals surface area contributed by atoms with Crippen molar-refractivity contribution in [3.63, 3.8) is 0 Å². The average Bonchev–Trinajstić information content (AvgIpc) is 3.11. The number of halogens is 1. The standard InChI is InChI=1S/C21H16ClN3S2/c22-18-10-4-2-7-15(18)12-16-13-23-21(27-16)25-20(26)24-19-11-5-8-14-6-1-3-9-17(14)19/h1-11,13H,12H2,(H2,23,24,25,26). The maximum Gasteiger partial charge on any atom is 0.189 e. The molecular weight excluding hydrogens is 394 g/mol. The van der Waals surface area contributed by atoms with Crippen molar-refractivity contribution in [2.45, 2.75) is 6.42 Å². The second-order valence-corrected chi connectivity index (χ2v) is 7.94. The van der Waals surface area contributed by atoms with Gasteiger partial charge in [0, 0.05) is 33.6 Å². The van der Waals surface area contributed by atoms with Crippen LogP contribution in [-0.2, 0) is 6.42 Å². The van der Waals surface area contributed by atoms with Gasteiger partial charge in [-0.3, -0.25) is 0 Å². The fourth-order valence-corrected chi connectivity index (χ4v) is 4.18. The zero-order valence-corrected chi connectivity index (χ0v) is 16.7. The maximum absolute atomic E-state index is 6.24. The molecule has 0 spiro atoms. The number of nitrogens with zero attached hydrogens (tertiary/aromatic N) is 1. The normalized spacial score (nSPS) is 10.7. The Labute approximate surface area is 172 Å². The number of aromatic nitrogens is 1. The van der Waals surface area contributed by atoms with Crippen LogP contribution in [0.1, 0.15) is 10.4 Å². The van der Waals surface area contributed by atoms with Gasteiger partial charge in [-0.2, -0.15) is 0 Å². The molecule has 0 amide bonds. The highest BCUT2D eigenvalue weighted by Gasteiger charge is 2.08. The minimum atomic E-state index is 0.519. The van der Waals surface area contributed by atoms with Gasteiger partial charge in [-0.05, 0) is 35.3 Å². The van der Waals surface area contributed by atoms with Gasteiger partial charge >= 0.3 is 0 Å². The van der Waals surface area contributed by atoms with Crippen LogP contribution < -0.4 is 10.6 Å². The molecule has 0 fully saturated rings. The highest BCUT2D eigenvalue weighted by atomic mass is 35.5. The predicted octanol–water partition coefficient (Wildman–Crippen LogP) is 6.35. The number of hydrogen-bond donors (Lipinski definition) is 2. The molecule has 1 heterocycles. The molecule has 1 aromatic heterocycles. The van der Waals surface area contributed by atoms with E-state index in [9.17, 15) is 0 Å². The van der Waals surface area contributed by atoms with Crippen LogP contribution in [0.5, 0.6) is 0 Å². The molecule has 0 saturated heterocycles. The molecule has 4 aromatic rings. The van der Waals surface area contributed by atoms with Crippen molar-refractivity contribution < 1.29 is 0 Å². The van der Waals surface area contributed by atoms with Crippen LogP contribution in [0, 0.1) is 0 Å². The molecule has 0 unspecified atom stereocenters. The van der Waals surface area contributed by atoms with Crippen LogP contribution in [0.3, 0.4) is 0 Å². The van der Waals surface area contributed by atoms with Crippen molar-refractivity contribution in [2.75, 3.05) is 10.6 Å². The van der Waals surface area contributed by atoms with Crippen LogP contribution in [0.15, 0.2) is 72.9 Å². The highest BCUT2D eigenvalue weighted by molar-refractivity contribution is 7.80. The minimum Gasteiger partial charge on any atom is -0.332 e. The molecule has 27 heavy (non-hydrogen) atoms. The number of hydrogen-bond acceptors (Lipinski definition) is 3. The number of benzene rings is 3. The molecule has 0 bridgehead atoms. The van der Waals surface area contributed by atoms with Crippen molar-refractivity contribution in [1.29, 1.82) is 0 Å². The van der Waals surface area contributed by atoms with Gasteiger partial charge in [-0.1, -0.05) is 66.2 Å². The van der Waals surface area contributed by atoms with E-state index in [1.54, 1.807) is 11.3 Å². The summed E-state index contributed by atoms with van der Waals surface area (Å²) in [5, 5.41) is 10.8. The van der Waals surface area contributed by atoms with Crippen molar-refractivity contribution in [2.24, 2.45) is 0 Å². The summed E-state index contributed by atoms with van der Waals surface area (Å²) in [4.78, 5) is 5.55. The van der Waals surface area contributed by atoms with Crippen LogP contribution in [-0.4, -0.2) is 10.1 Å². The maximum atomic E-state index is 6.24. The van der Waals surface area contributed by atoms with Crippen molar-refractivity contribution in [3.8, 4) is 0 Å². The van der Waals surface area contributed by atoms with Crippen molar-refractivity contribution in [1.82, 2.24) is 4.98 Å². The lowest BCUT2D eigenvalue weighted by molar-refractivity contribution is 1.22. The molecule has 6 heteroatoms. The molecule has 4 rings (SSSR count). The van der Waals surface area contributed by atoms with Crippen molar-refractivity contribution in [3.05, 3.63) is 88.4 Å². The minimum absolute atomic E-state index is 0.519. The van der Waals surface area contributed by atoms with Gasteiger partial charge in [0.2, 0.25) is 0 Å². The third kappa shape index (κ3) is 4.27. The average molecular weight is 410 g/mol. The first-order valence-electron chi connectivity index (χ1n) is 8.43. The van der Waals surface area contributed by atoms with Crippen LogP contribution >= 0.6 is 35.2 Å². The molecule has 0 aliphatic rings. The lowest BCUT2D eigenvalue weighted by Crippen LogP contribution is -2.19. The van der Waals surface area contributed by atoms with Gasteiger partial charge in [0.15, 0.2) is 10.2 Å². The van der Waals surface area contributed by atoms with E-state index in [4.69, 9.17) is 23.8 Å². The number of anilines is 2. The summed E-state index contributed by atoms with van der Waals surface area (Å²) in [6, 6.07) is 22.2. The van der Waals surface area contributed by atoms with Gasteiger partial charge in [0.25, 0.3) is 0 Å². The van der Waals surface area contributed by atoms with E-state index in [-0.39, 0.29) is 0 Å². The first-order chi connectivity index (χ1) is 13.2.